The van der Waals surface area contributed by atoms with Crippen molar-refractivity contribution in [2.24, 2.45) is 5.10 Å². The summed E-state index contributed by atoms with van der Waals surface area (Å²) in [5.41, 5.74) is 2.51. The van der Waals surface area contributed by atoms with Gasteiger partial charge in [-0.3, -0.25) is 20.3 Å². The number of non-ortho nitro benzene ring substituents is 1. The number of ketones is 1. The molecule has 0 radical (unpaired) electrons. The van der Waals surface area contributed by atoms with Gasteiger partial charge in [-0.05, 0) is 30.3 Å². The van der Waals surface area contributed by atoms with Crippen LogP contribution < -0.4 is 5.43 Å². The monoisotopic (exact) mass is 328 g/mol. The van der Waals surface area contributed by atoms with Crippen molar-refractivity contribution in [1.29, 1.82) is 5.26 Å². The van der Waals surface area contributed by atoms with Crippen LogP contribution >= 0.6 is 11.6 Å². The number of hydrazone groups is 1. The Kier molecular flexibility index (Phi) is 5.02. The highest BCUT2D eigenvalue weighted by Gasteiger charge is 2.14. The van der Waals surface area contributed by atoms with Crippen molar-refractivity contribution in [1.82, 2.24) is 0 Å². The molecule has 0 aliphatic carbocycles. The van der Waals surface area contributed by atoms with Crippen LogP contribution in [0.4, 0.5) is 11.4 Å². The van der Waals surface area contributed by atoms with Crippen LogP contribution in [-0.4, -0.2) is 16.4 Å². The van der Waals surface area contributed by atoms with Crippen molar-refractivity contribution < 1.29 is 9.72 Å². The fraction of sp³-hybridized carbons (Fsp3) is 0. The van der Waals surface area contributed by atoms with E-state index in [0.717, 1.165) is 0 Å². The Labute approximate surface area is 136 Å². The van der Waals surface area contributed by atoms with Crippen LogP contribution in [0, 0.1) is 21.4 Å². The lowest BCUT2D eigenvalue weighted by Gasteiger charge is -2.02. The molecule has 0 aliphatic rings. The number of nitro groups is 1. The van der Waals surface area contributed by atoms with Gasteiger partial charge in [0.15, 0.2) is 0 Å². The van der Waals surface area contributed by atoms with Gasteiger partial charge in [-0.2, -0.15) is 10.4 Å². The molecule has 23 heavy (non-hydrogen) atoms. The van der Waals surface area contributed by atoms with Crippen LogP contribution in [0.1, 0.15) is 10.4 Å². The number of nitriles is 1. The van der Waals surface area contributed by atoms with E-state index in [4.69, 9.17) is 16.9 Å². The third-order valence-electron chi connectivity index (χ3n) is 2.78. The molecule has 0 atom stereocenters. The molecule has 0 heterocycles. The third-order valence-corrected chi connectivity index (χ3v) is 3.03. The van der Waals surface area contributed by atoms with Gasteiger partial charge >= 0.3 is 0 Å². The van der Waals surface area contributed by atoms with Gasteiger partial charge in [0.05, 0.1) is 10.6 Å². The summed E-state index contributed by atoms with van der Waals surface area (Å²) < 4.78 is 0. The van der Waals surface area contributed by atoms with Crippen molar-refractivity contribution in [3.05, 3.63) is 69.2 Å². The minimum Gasteiger partial charge on any atom is -0.286 e. The quantitative estimate of drug-likeness (QED) is 0.391. The average molecular weight is 329 g/mol. The van der Waals surface area contributed by atoms with Crippen molar-refractivity contribution in [2.75, 3.05) is 5.43 Å². The van der Waals surface area contributed by atoms with Crippen LogP contribution in [0.15, 0.2) is 53.6 Å². The van der Waals surface area contributed by atoms with Gasteiger partial charge in [0.1, 0.15) is 6.07 Å². The lowest BCUT2D eigenvalue weighted by molar-refractivity contribution is -0.384. The molecule has 0 aromatic heterocycles. The van der Waals surface area contributed by atoms with Crippen molar-refractivity contribution in [2.45, 2.75) is 0 Å². The first kappa shape index (κ1) is 16.1. The smallest absolute Gasteiger partial charge is 0.271 e. The summed E-state index contributed by atoms with van der Waals surface area (Å²) in [7, 11) is 0. The molecule has 1 N–H and O–H groups in total. The number of hydrogen-bond acceptors (Lipinski definition) is 6. The van der Waals surface area contributed by atoms with E-state index in [1.165, 1.54) is 48.5 Å². The number of benzene rings is 2. The lowest BCUT2D eigenvalue weighted by Crippen LogP contribution is -2.14. The van der Waals surface area contributed by atoms with E-state index in [2.05, 4.69) is 10.5 Å². The van der Waals surface area contributed by atoms with E-state index < -0.39 is 10.7 Å². The fourth-order valence-electron chi connectivity index (χ4n) is 1.67. The molecule has 0 unspecified atom stereocenters. The minimum atomic E-state index is -0.581. The normalized spacial score (nSPS) is 10.7. The van der Waals surface area contributed by atoms with E-state index in [0.29, 0.717) is 5.02 Å². The van der Waals surface area contributed by atoms with Gasteiger partial charge in [-0.15, -0.1) is 0 Å². The number of carbonyl (C=O) groups is 1. The van der Waals surface area contributed by atoms with Gasteiger partial charge < -0.3 is 0 Å². The summed E-state index contributed by atoms with van der Waals surface area (Å²) in [5.74, 6) is -0.581. The molecule has 0 saturated heterocycles. The zero-order chi connectivity index (χ0) is 16.8. The Hall–Kier alpha value is -3.24. The Balaban J connectivity index is 2.21. The van der Waals surface area contributed by atoms with Crippen LogP contribution in [0.25, 0.3) is 0 Å². The van der Waals surface area contributed by atoms with E-state index >= 15 is 0 Å². The van der Waals surface area contributed by atoms with E-state index in [-0.39, 0.29) is 22.6 Å². The van der Waals surface area contributed by atoms with E-state index in [9.17, 15) is 14.9 Å². The Bertz CT molecular complexity index is 825. The largest absolute Gasteiger partial charge is 0.286 e. The van der Waals surface area contributed by atoms with Crippen molar-refractivity contribution in [3.8, 4) is 6.07 Å². The second-order valence-corrected chi connectivity index (χ2v) is 4.76. The molecule has 2 rings (SSSR count). The van der Waals surface area contributed by atoms with Crippen LogP contribution in [-0.2, 0) is 0 Å². The summed E-state index contributed by atoms with van der Waals surface area (Å²) in [6, 6.07) is 13.2. The molecular weight excluding hydrogens is 320 g/mol. The molecule has 7 nitrogen and oxygen atoms in total. The maximum Gasteiger partial charge on any atom is 0.271 e. The Morgan fingerprint density at radius 2 is 1.96 bits per heavy atom. The van der Waals surface area contributed by atoms with Gasteiger partial charge in [-0.1, -0.05) is 17.7 Å². The number of nitrogens with zero attached hydrogens (tertiary/aromatic N) is 3. The molecular formula is C15H9ClN4O3. The van der Waals surface area contributed by atoms with Gasteiger partial charge in [0.25, 0.3) is 5.69 Å². The number of Topliss-reactive ketones (excluding diaryl/α,β-unsaturated/α-hetero) is 1. The zero-order valence-electron chi connectivity index (χ0n) is 11.6. The topological polar surface area (TPSA) is 108 Å². The highest BCUT2D eigenvalue weighted by atomic mass is 35.5. The molecule has 2 aromatic rings. The van der Waals surface area contributed by atoms with Gasteiger partial charge in [-0.25, -0.2) is 0 Å². The summed E-state index contributed by atoms with van der Waals surface area (Å²) in [5, 5.41) is 23.9. The molecule has 114 valence electrons. The molecule has 0 saturated carbocycles. The van der Waals surface area contributed by atoms with Gasteiger partial charge in [0, 0.05) is 22.7 Å². The minimum absolute atomic E-state index is 0.132. The molecule has 0 bridgehead atoms. The molecule has 0 fully saturated rings. The number of rotatable bonds is 5. The Morgan fingerprint density at radius 1 is 1.26 bits per heavy atom. The van der Waals surface area contributed by atoms with Gasteiger partial charge in [0.2, 0.25) is 11.5 Å². The molecule has 8 heteroatoms. The maximum absolute atomic E-state index is 12.1. The zero-order valence-corrected chi connectivity index (χ0v) is 12.3. The predicted octanol–water partition coefficient (Wildman–Crippen LogP) is 3.42. The van der Waals surface area contributed by atoms with Crippen LogP contribution in [0.2, 0.25) is 5.02 Å². The summed E-state index contributed by atoms with van der Waals surface area (Å²) in [6.07, 6.45) is 0. The number of anilines is 1. The Morgan fingerprint density at radius 3 is 2.57 bits per heavy atom. The number of carbonyl (C=O) groups excluding carboxylic acids is 1. The second-order valence-electron chi connectivity index (χ2n) is 4.33. The highest BCUT2D eigenvalue weighted by Crippen LogP contribution is 2.17. The fourth-order valence-corrected chi connectivity index (χ4v) is 1.80. The van der Waals surface area contributed by atoms with Crippen molar-refractivity contribution >= 4 is 34.5 Å². The number of nitro benzene ring substituents is 1. The van der Waals surface area contributed by atoms with Crippen molar-refractivity contribution in [3.63, 3.8) is 0 Å². The number of nitrogens with one attached hydrogen (secondary N) is 1. The maximum atomic E-state index is 12.1. The standard InChI is InChI=1S/C15H9ClN4O3/c16-11-6-4-10(5-7-11)15(21)14(9-17)19-18-12-2-1-3-13(8-12)20(22)23/h1-8,18H/b19-14-. The highest BCUT2D eigenvalue weighted by molar-refractivity contribution is 6.51. The number of hydrogen-bond donors (Lipinski definition) is 1. The summed E-state index contributed by atoms with van der Waals surface area (Å²) in [4.78, 5) is 22.3. The molecule has 0 amide bonds. The number of halogens is 1. The first-order chi connectivity index (χ1) is 11.0. The SMILES string of the molecule is N#C/C(=N/Nc1cccc([N+](=O)[O-])c1)C(=O)c1ccc(Cl)cc1. The summed E-state index contributed by atoms with van der Waals surface area (Å²) >= 11 is 5.74. The van der Waals surface area contributed by atoms with E-state index in [1.54, 1.807) is 6.07 Å². The average Bonchev–Trinajstić information content (AvgIpc) is 2.56. The first-order valence-electron chi connectivity index (χ1n) is 6.30. The molecule has 2 aromatic carbocycles. The predicted molar refractivity (Wildman–Crippen MR) is 85.5 cm³/mol. The molecule has 0 aliphatic heterocycles. The third kappa shape index (κ3) is 4.12. The lowest BCUT2D eigenvalue weighted by atomic mass is 10.1. The molecule has 0 spiro atoms. The van der Waals surface area contributed by atoms with Crippen LogP contribution in [0.3, 0.4) is 0 Å². The summed E-state index contributed by atoms with van der Waals surface area (Å²) in [6.45, 7) is 0. The second kappa shape index (κ2) is 7.15. The van der Waals surface area contributed by atoms with Crippen LogP contribution in [0.5, 0.6) is 0 Å². The first-order valence-corrected chi connectivity index (χ1v) is 6.67. The van der Waals surface area contributed by atoms with E-state index in [1.807, 2.05) is 0 Å².